The first kappa shape index (κ1) is 12.4. The first-order valence-electron chi connectivity index (χ1n) is 4.80. The third-order valence-corrected chi connectivity index (χ3v) is 1.91. The Hall–Kier alpha value is -0.570. The lowest BCUT2D eigenvalue weighted by atomic mass is 9.96. The van der Waals surface area contributed by atoms with Crippen molar-refractivity contribution in [1.82, 2.24) is 5.32 Å². The second-order valence-electron chi connectivity index (χ2n) is 4.81. The zero-order valence-corrected chi connectivity index (χ0v) is 9.40. The highest BCUT2D eigenvalue weighted by Gasteiger charge is 2.27. The van der Waals surface area contributed by atoms with Crippen LogP contribution in [0.25, 0.3) is 0 Å². The molecule has 0 saturated carbocycles. The molecule has 0 fully saturated rings. The SMILES string of the molecule is CCCC(C)(C)NC(=O)C(C)(C)N. The Kier molecular flexibility index (Phi) is 3.91. The molecule has 0 aromatic rings. The van der Waals surface area contributed by atoms with E-state index in [-0.39, 0.29) is 11.4 Å². The van der Waals surface area contributed by atoms with Crippen LogP contribution in [0.5, 0.6) is 0 Å². The predicted octanol–water partition coefficient (Wildman–Crippen LogP) is 1.42. The lowest BCUT2D eigenvalue weighted by molar-refractivity contribution is -0.126. The van der Waals surface area contributed by atoms with Gasteiger partial charge in [-0.05, 0) is 34.1 Å². The smallest absolute Gasteiger partial charge is 0.239 e. The van der Waals surface area contributed by atoms with Crippen LogP contribution in [0.4, 0.5) is 0 Å². The van der Waals surface area contributed by atoms with Crippen molar-refractivity contribution in [3.8, 4) is 0 Å². The summed E-state index contributed by atoms with van der Waals surface area (Å²) < 4.78 is 0. The molecule has 0 saturated heterocycles. The van der Waals surface area contributed by atoms with E-state index in [1.165, 1.54) is 0 Å². The molecule has 3 heteroatoms. The van der Waals surface area contributed by atoms with Crippen molar-refractivity contribution in [2.24, 2.45) is 5.73 Å². The second kappa shape index (κ2) is 4.09. The van der Waals surface area contributed by atoms with E-state index in [2.05, 4.69) is 12.2 Å². The lowest BCUT2D eigenvalue weighted by Gasteiger charge is -2.29. The van der Waals surface area contributed by atoms with E-state index in [4.69, 9.17) is 5.73 Å². The van der Waals surface area contributed by atoms with Gasteiger partial charge in [-0.15, -0.1) is 0 Å². The molecule has 3 N–H and O–H groups in total. The third kappa shape index (κ3) is 4.88. The molecule has 0 aromatic carbocycles. The van der Waals surface area contributed by atoms with E-state index in [0.29, 0.717) is 0 Å². The summed E-state index contributed by atoms with van der Waals surface area (Å²) >= 11 is 0. The van der Waals surface area contributed by atoms with Crippen LogP contribution in [0, 0.1) is 0 Å². The summed E-state index contributed by atoms with van der Waals surface area (Å²) in [5.74, 6) is -0.0917. The average molecular weight is 186 g/mol. The van der Waals surface area contributed by atoms with Crippen LogP contribution in [-0.2, 0) is 4.79 Å². The minimum atomic E-state index is -0.787. The van der Waals surface area contributed by atoms with Crippen molar-refractivity contribution in [3.05, 3.63) is 0 Å². The fourth-order valence-corrected chi connectivity index (χ4v) is 1.16. The summed E-state index contributed by atoms with van der Waals surface area (Å²) in [6.45, 7) is 9.55. The van der Waals surface area contributed by atoms with E-state index in [9.17, 15) is 4.79 Å². The van der Waals surface area contributed by atoms with Crippen LogP contribution < -0.4 is 11.1 Å². The van der Waals surface area contributed by atoms with Gasteiger partial charge in [-0.1, -0.05) is 13.3 Å². The summed E-state index contributed by atoms with van der Waals surface area (Å²) in [6.07, 6.45) is 2.02. The van der Waals surface area contributed by atoms with E-state index in [1.54, 1.807) is 13.8 Å². The van der Waals surface area contributed by atoms with Gasteiger partial charge in [0.25, 0.3) is 0 Å². The topological polar surface area (TPSA) is 55.1 Å². The summed E-state index contributed by atoms with van der Waals surface area (Å²) in [4.78, 5) is 11.5. The van der Waals surface area contributed by atoms with Crippen LogP contribution in [-0.4, -0.2) is 17.0 Å². The van der Waals surface area contributed by atoms with Crippen molar-refractivity contribution >= 4 is 5.91 Å². The van der Waals surface area contributed by atoms with Gasteiger partial charge in [-0.2, -0.15) is 0 Å². The van der Waals surface area contributed by atoms with Gasteiger partial charge in [0.15, 0.2) is 0 Å². The number of hydrogen-bond donors (Lipinski definition) is 2. The fourth-order valence-electron chi connectivity index (χ4n) is 1.16. The van der Waals surface area contributed by atoms with Gasteiger partial charge in [0, 0.05) is 5.54 Å². The van der Waals surface area contributed by atoms with Crippen LogP contribution in [0.3, 0.4) is 0 Å². The summed E-state index contributed by atoms with van der Waals surface area (Å²) in [7, 11) is 0. The Balaban J connectivity index is 4.20. The minimum Gasteiger partial charge on any atom is -0.350 e. The van der Waals surface area contributed by atoms with Crippen LogP contribution in [0.2, 0.25) is 0 Å². The van der Waals surface area contributed by atoms with Crippen molar-refractivity contribution in [2.45, 2.75) is 58.5 Å². The molecule has 0 rings (SSSR count). The largest absolute Gasteiger partial charge is 0.350 e. The van der Waals surface area contributed by atoms with Gasteiger partial charge >= 0.3 is 0 Å². The van der Waals surface area contributed by atoms with Gasteiger partial charge < -0.3 is 11.1 Å². The van der Waals surface area contributed by atoms with Gasteiger partial charge in [0.1, 0.15) is 0 Å². The van der Waals surface area contributed by atoms with Crippen molar-refractivity contribution in [1.29, 1.82) is 0 Å². The molecule has 1 amide bonds. The maximum absolute atomic E-state index is 11.5. The number of hydrogen-bond acceptors (Lipinski definition) is 2. The Labute approximate surface area is 81.1 Å². The number of carbonyl (C=O) groups is 1. The average Bonchev–Trinajstić information content (AvgIpc) is 1.83. The van der Waals surface area contributed by atoms with E-state index < -0.39 is 5.54 Å². The Morgan fingerprint density at radius 3 is 2.08 bits per heavy atom. The minimum absolute atomic E-state index is 0.0917. The Morgan fingerprint density at radius 2 is 1.77 bits per heavy atom. The molecular formula is C10H22N2O. The number of rotatable bonds is 4. The van der Waals surface area contributed by atoms with Crippen LogP contribution in [0.15, 0.2) is 0 Å². The van der Waals surface area contributed by atoms with E-state index >= 15 is 0 Å². The van der Waals surface area contributed by atoms with Crippen molar-refractivity contribution in [3.63, 3.8) is 0 Å². The highest BCUT2D eigenvalue weighted by atomic mass is 16.2. The molecule has 0 unspecified atom stereocenters. The normalized spacial score (nSPS) is 12.8. The molecule has 3 nitrogen and oxygen atoms in total. The standard InChI is InChI=1S/C10H22N2O/c1-6-7-9(2,3)12-8(13)10(4,5)11/h6-7,11H2,1-5H3,(H,12,13). The monoisotopic (exact) mass is 186 g/mol. The molecule has 0 radical (unpaired) electrons. The van der Waals surface area contributed by atoms with E-state index in [0.717, 1.165) is 12.8 Å². The highest BCUT2D eigenvalue weighted by molar-refractivity contribution is 5.85. The molecular weight excluding hydrogens is 164 g/mol. The van der Waals surface area contributed by atoms with Gasteiger partial charge in [0.05, 0.1) is 5.54 Å². The first-order chi connectivity index (χ1) is 5.69. The zero-order chi connectivity index (χ0) is 10.7. The van der Waals surface area contributed by atoms with Gasteiger partial charge in [-0.25, -0.2) is 0 Å². The molecule has 0 aliphatic rings. The molecule has 0 atom stereocenters. The maximum atomic E-state index is 11.5. The van der Waals surface area contributed by atoms with Crippen LogP contribution >= 0.6 is 0 Å². The highest BCUT2D eigenvalue weighted by Crippen LogP contribution is 2.12. The third-order valence-electron chi connectivity index (χ3n) is 1.91. The summed E-state index contributed by atoms with van der Waals surface area (Å²) in [6, 6.07) is 0. The fraction of sp³-hybridized carbons (Fsp3) is 0.900. The predicted molar refractivity (Wildman–Crippen MR) is 55.4 cm³/mol. The Bertz CT molecular complexity index is 180. The number of nitrogens with two attached hydrogens (primary N) is 1. The number of nitrogens with one attached hydrogen (secondary N) is 1. The van der Waals surface area contributed by atoms with Crippen molar-refractivity contribution in [2.75, 3.05) is 0 Å². The van der Waals surface area contributed by atoms with Gasteiger partial charge in [0.2, 0.25) is 5.91 Å². The maximum Gasteiger partial charge on any atom is 0.239 e. The molecule has 13 heavy (non-hydrogen) atoms. The molecule has 78 valence electrons. The summed E-state index contributed by atoms with van der Waals surface area (Å²) in [5.41, 5.74) is 4.73. The Morgan fingerprint density at radius 1 is 1.31 bits per heavy atom. The summed E-state index contributed by atoms with van der Waals surface area (Å²) in [5, 5.41) is 2.93. The first-order valence-corrected chi connectivity index (χ1v) is 4.80. The quantitative estimate of drug-likeness (QED) is 0.697. The second-order valence-corrected chi connectivity index (χ2v) is 4.81. The molecule has 0 spiro atoms. The lowest BCUT2D eigenvalue weighted by Crippen LogP contribution is -2.55. The van der Waals surface area contributed by atoms with Crippen molar-refractivity contribution < 1.29 is 4.79 Å². The van der Waals surface area contributed by atoms with Gasteiger partial charge in [-0.3, -0.25) is 4.79 Å². The molecule has 0 heterocycles. The number of amides is 1. The molecule has 0 aliphatic heterocycles. The molecule has 0 bridgehead atoms. The number of carbonyl (C=O) groups excluding carboxylic acids is 1. The molecule has 0 aromatic heterocycles. The van der Waals surface area contributed by atoms with E-state index in [1.807, 2.05) is 13.8 Å². The van der Waals surface area contributed by atoms with Crippen LogP contribution in [0.1, 0.15) is 47.5 Å². The zero-order valence-electron chi connectivity index (χ0n) is 9.40. The molecule has 0 aliphatic carbocycles.